The highest BCUT2D eigenvalue weighted by Gasteiger charge is 2.04. The predicted octanol–water partition coefficient (Wildman–Crippen LogP) is 1.79. The number of hydrogen-bond donors (Lipinski definition) is 1. The van der Waals surface area contributed by atoms with Crippen molar-refractivity contribution in [2.24, 2.45) is 5.90 Å². The molecular weight excluding hydrogens is 201 g/mol. The first kappa shape index (κ1) is 11.2. The van der Waals surface area contributed by atoms with E-state index < -0.39 is 5.97 Å². The topological polar surface area (TPSA) is 52.3 Å². The van der Waals surface area contributed by atoms with Gasteiger partial charge in [-0.15, -0.1) is 12.4 Å². The van der Waals surface area contributed by atoms with Gasteiger partial charge in [0.15, 0.2) is 0 Å². The number of carbonyl (C=O) groups excluding carboxylic acids is 1. The Kier molecular flexibility index (Phi) is 4.66. The molecule has 0 aromatic heterocycles. The highest BCUT2D eigenvalue weighted by atomic mass is 35.5. The molecule has 1 aromatic rings. The van der Waals surface area contributed by atoms with Crippen molar-refractivity contribution in [3.63, 3.8) is 0 Å². The number of carbonyl (C=O) groups is 1. The van der Waals surface area contributed by atoms with Crippen LogP contribution in [0.15, 0.2) is 24.3 Å². The Bertz CT molecular complexity index is 278. The van der Waals surface area contributed by atoms with E-state index in [1.165, 1.54) is 6.07 Å². The van der Waals surface area contributed by atoms with Crippen LogP contribution in [-0.2, 0) is 4.84 Å². The molecule has 1 rings (SSSR count). The summed E-state index contributed by atoms with van der Waals surface area (Å²) in [6.45, 7) is 0. The third kappa shape index (κ3) is 2.70. The van der Waals surface area contributed by atoms with Gasteiger partial charge in [0.05, 0.1) is 5.56 Å². The third-order valence-corrected chi connectivity index (χ3v) is 1.40. The van der Waals surface area contributed by atoms with Gasteiger partial charge in [-0.05, 0) is 18.2 Å². The van der Waals surface area contributed by atoms with Crippen LogP contribution in [0.3, 0.4) is 0 Å². The summed E-state index contributed by atoms with van der Waals surface area (Å²) in [6, 6.07) is 6.36. The van der Waals surface area contributed by atoms with Crippen molar-refractivity contribution in [2.75, 3.05) is 0 Å². The first-order chi connectivity index (χ1) is 5.24. The molecule has 0 aliphatic carbocycles. The van der Waals surface area contributed by atoms with Crippen LogP contribution in [-0.4, -0.2) is 5.97 Å². The van der Waals surface area contributed by atoms with Gasteiger partial charge in [0.2, 0.25) is 0 Å². The lowest BCUT2D eigenvalue weighted by Gasteiger charge is -1.96. The Balaban J connectivity index is 0.00000121. The molecule has 0 fully saturated rings. The number of nitrogens with two attached hydrogens (primary N) is 1. The largest absolute Gasteiger partial charge is 0.370 e. The number of halogens is 2. The molecule has 0 unspecified atom stereocenters. The number of rotatable bonds is 1. The molecule has 0 bridgehead atoms. The van der Waals surface area contributed by atoms with Crippen molar-refractivity contribution in [3.05, 3.63) is 34.9 Å². The highest BCUT2D eigenvalue weighted by Crippen LogP contribution is 2.10. The molecule has 0 radical (unpaired) electrons. The molecule has 66 valence electrons. The van der Waals surface area contributed by atoms with E-state index in [0.29, 0.717) is 10.6 Å². The van der Waals surface area contributed by atoms with Crippen LogP contribution in [0, 0.1) is 0 Å². The van der Waals surface area contributed by atoms with E-state index in [4.69, 9.17) is 11.6 Å². The highest BCUT2D eigenvalue weighted by molar-refractivity contribution is 6.30. The summed E-state index contributed by atoms with van der Waals surface area (Å²) in [5.74, 6) is 4.07. The molecule has 2 N–H and O–H groups in total. The summed E-state index contributed by atoms with van der Waals surface area (Å²) in [5, 5.41) is 0.480. The standard InChI is InChI=1S/C7H6ClNO2.ClH/c8-6-3-1-2-5(4-6)7(10)11-9;/h1-4H,9H2;1H. The normalized spacial score (nSPS) is 8.50. The fourth-order valence-electron chi connectivity index (χ4n) is 0.683. The van der Waals surface area contributed by atoms with E-state index in [-0.39, 0.29) is 12.4 Å². The molecule has 1 aromatic carbocycles. The van der Waals surface area contributed by atoms with Gasteiger partial charge in [-0.1, -0.05) is 17.7 Å². The maximum absolute atomic E-state index is 10.8. The van der Waals surface area contributed by atoms with Gasteiger partial charge in [0.25, 0.3) is 0 Å². The minimum absolute atomic E-state index is 0. The van der Waals surface area contributed by atoms with E-state index in [0.717, 1.165) is 0 Å². The van der Waals surface area contributed by atoms with Crippen LogP contribution < -0.4 is 5.90 Å². The lowest BCUT2D eigenvalue weighted by molar-refractivity contribution is 0.0503. The van der Waals surface area contributed by atoms with E-state index in [1.54, 1.807) is 18.2 Å². The molecule has 0 atom stereocenters. The van der Waals surface area contributed by atoms with E-state index in [9.17, 15) is 4.79 Å². The van der Waals surface area contributed by atoms with Crippen molar-refractivity contribution >= 4 is 30.0 Å². The Morgan fingerprint density at radius 2 is 2.17 bits per heavy atom. The van der Waals surface area contributed by atoms with Gasteiger partial charge in [-0.3, -0.25) is 0 Å². The van der Waals surface area contributed by atoms with Gasteiger partial charge in [0, 0.05) is 5.02 Å². The third-order valence-electron chi connectivity index (χ3n) is 1.17. The zero-order valence-electron chi connectivity index (χ0n) is 5.99. The molecular formula is C7H7Cl2NO2. The van der Waals surface area contributed by atoms with Gasteiger partial charge in [-0.2, -0.15) is 5.90 Å². The second-order valence-electron chi connectivity index (χ2n) is 1.92. The fourth-order valence-corrected chi connectivity index (χ4v) is 0.874. The predicted molar refractivity (Wildman–Crippen MR) is 48.3 cm³/mol. The maximum Gasteiger partial charge on any atom is 0.356 e. The molecule has 0 spiro atoms. The average molecular weight is 208 g/mol. The summed E-state index contributed by atoms with van der Waals surface area (Å²) in [5.41, 5.74) is 0.347. The lowest BCUT2D eigenvalue weighted by Crippen LogP contribution is -2.09. The van der Waals surface area contributed by atoms with Crippen molar-refractivity contribution in [3.8, 4) is 0 Å². The number of hydrogen-bond acceptors (Lipinski definition) is 3. The first-order valence-electron chi connectivity index (χ1n) is 2.90. The molecule has 0 heterocycles. The van der Waals surface area contributed by atoms with Crippen LogP contribution >= 0.6 is 24.0 Å². The van der Waals surface area contributed by atoms with Gasteiger partial charge in [0.1, 0.15) is 0 Å². The summed E-state index contributed by atoms with van der Waals surface area (Å²) < 4.78 is 0. The zero-order valence-corrected chi connectivity index (χ0v) is 7.56. The Hall–Kier alpha value is -0.770. The van der Waals surface area contributed by atoms with Crippen LogP contribution in [0.5, 0.6) is 0 Å². The fraction of sp³-hybridized carbons (Fsp3) is 0. The summed E-state index contributed by atoms with van der Waals surface area (Å²) in [7, 11) is 0. The second kappa shape index (κ2) is 4.98. The molecule has 5 heteroatoms. The summed E-state index contributed by atoms with van der Waals surface area (Å²) in [4.78, 5) is 14.8. The Labute approximate surface area is 80.8 Å². The molecule has 0 saturated carbocycles. The minimum atomic E-state index is -0.590. The van der Waals surface area contributed by atoms with Crippen molar-refractivity contribution in [1.29, 1.82) is 0 Å². The van der Waals surface area contributed by atoms with E-state index in [2.05, 4.69) is 10.7 Å². The zero-order chi connectivity index (χ0) is 8.27. The molecule has 0 aliphatic rings. The molecule has 0 aliphatic heterocycles. The average Bonchev–Trinajstić information content (AvgIpc) is 2.03. The summed E-state index contributed by atoms with van der Waals surface area (Å²) >= 11 is 5.60. The van der Waals surface area contributed by atoms with Crippen LogP contribution in [0.2, 0.25) is 5.02 Å². The first-order valence-corrected chi connectivity index (χ1v) is 3.28. The smallest absolute Gasteiger partial charge is 0.356 e. The summed E-state index contributed by atoms with van der Waals surface area (Å²) in [6.07, 6.45) is 0. The van der Waals surface area contributed by atoms with Crippen LogP contribution in [0.25, 0.3) is 0 Å². The Morgan fingerprint density at radius 1 is 1.50 bits per heavy atom. The van der Waals surface area contributed by atoms with Gasteiger partial charge in [-0.25, -0.2) is 4.79 Å². The minimum Gasteiger partial charge on any atom is -0.370 e. The lowest BCUT2D eigenvalue weighted by atomic mass is 10.2. The van der Waals surface area contributed by atoms with E-state index in [1.807, 2.05) is 0 Å². The second-order valence-corrected chi connectivity index (χ2v) is 2.35. The van der Waals surface area contributed by atoms with Crippen LogP contribution in [0.1, 0.15) is 10.4 Å². The number of benzene rings is 1. The van der Waals surface area contributed by atoms with Gasteiger partial charge < -0.3 is 4.84 Å². The molecule has 3 nitrogen and oxygen atoms in total. The van der Waals surface area contributed by atoms with Crippen molar-refractivity contribution < 1.29 is 9.63 Å². The van der Waals surface area contributed by atoms with Crippen molar-refractivity contribution in [1.82, 2.24) is 0 Å². The van der Waals surface area contributed by atoms with E-state index >= 15 is 0 Å². The molecule has 0 amide bonds. The monoisotopic (exact) mass is 207 g/mol. The molecule has 0 saturated heterocycles. The SMILES string of the molecule is Cl.NOC(=O)c1cccc(Cl)c1. The quantitative estimate of drug-likeness (QED) is 0.715. The van der Waals surface area contributed by atoms with Gasteiger partial charge >= 0.3 is 5.97 Å². The maximum atomic E-state index is 10.8. The van der Waals surface area contributed by atoms with Crippen LogP contribution in [0.4, 0.5) is 0 Å². The Morgan fingerprint density at radius 3 is 2.67 bits per heavy atom. The molecule has 12 heavy (non-hydrogen) atoms. The van der Waals surface area contributed by atoms with Crippen molar-refractivity contribution in [2.45, 2.75) is 0 Å².